The molecule has 6 nitrogen and oxygen atoms in total. The van der Waals surface area contributed by atoms with Crippen LogP contribution in [0.15, 0.2) is 40.9 Å². The Morgan fingerprint density at radius 2 is 1.86 bits per heavy atom. The molecule has 0 amide bonds. The van der Waals surface area contributed by atoms with Crippen LogP contribution >= 0.6 is 28.1 Å². The van der Waals surface area contributed by atoms with Gasteiger partial charge >= 0.3 is 0 Å². The molecule has 0 aliphatic carbocycles. The second kappa shape index (κ2) is 9.93. The van der Waals surface area contributed by atoms with Crippen molar-refractivity contribution in [3.05, 3.63) is 68.2 Å². The third kappa shape index (κ3) is 5.39. The van der Waals surface area contributed by atoms with E-state index in [1.165, 1.54) is 5.56 Å². The minimum Gasteiger partial charge on any atom is -0.490 e. The van der Waals surface area contributed by atoms with Crippen LogP contribution in [-0.2, 0) is 19.6 Å². The van der Waals surface area contributed by atoms with Crippen molar-refractivity contribution in [3.8, 4) is 11.5 Å². The van der Waals surface area contributed by atoms with E-state index in [-0.39, 0.29) is 0 Å². The Morgan fingerprint density at radius 3 is 2.55 bits per heavy atom. The number of halogens is 1. The number of aromatic nitrogens is 3. The molecular formula is C21H25BrN4O2S. The second-order valence-electron chi connectivity index (χ2n) is 6.57. The molecule has 0 unspecified atom stereocenters. The van der Waals surface area contributed by atoms with Gasteiger partial charge in [0, 0.05) is 10.9 Å². The summed E-state index contributed by atoms with van der Waals surface area (Å²) in [4.78, 5) is 0. The fourth-order valence-corrected chi connectivity index (χ4v) is 3.51. The lowest BCUT2D eigenvalue weighted by molar-refractivity contribution is 0.269. The molecule has 0 saturated carbocycles. The molecule has 0 bridgehead atoms. The van der Waals surface area contributed by atoms with Gasteiger partial charge in [-0.1, -0.05) is 52.7 Å². The van der Waals surface area contributed by atoms with Gasteiger partial charge in [-0.2, -0.15) is 5.10 Å². The Hall–Kier alpha value is -2.32. The smallest absolute Gasteiger partial charge is 0.214 e. The first-order valence-corrected chi connectivity index (χ1v) is 10.8. The van der Waals surface area contributed by atoms with E-state index in [4.69, 9.17) is 21.7 Å². The van der Waals surface area contributed by atoms with Crippen LogP contribution in [0.25, 0.3) is 0 Å². The number of H-pyrrole nitrogens is 1. The molecule has 0 aliphatic heterocycles. The summed E-state index contributed by atoms with van der Waals surface area (Å²) in [6.07, 6.45) is 0.775. The van der Waals surface area contributed by atoms with E-state index in [2.05, 4.69) is 62.7 Å². The van der Waals surface area contributed by atoms with Crippen LogP contribution in [0.3, 0.4) is 0 Å². The van der Waals surface area contributed by atoms with E-state index < -0.39 is 0 Å². The average molecular weight is 477 g/mol. The molecule has 0 atom stereocenters. The van der Waals surface area contributed by atoms with Crippen molar-refractivity contribution in [3.63, 3.8) is 0 Å². The molecule has 29 heavy (non-hydrogen) atoms. The summed E-state index contributed by atoms with van der Waals surface area (Å²) in [5, 5.41) is 7.03. The van der Waals surface area contributed by atoms with E-state index in [0.29, 0.717) is 36.0 Å². The number of aryl methyl sites for hydroxylation is 2. The number of nitrogens with zero attached hydrogens (tertiary/aromatic N) is 2. The third-order valence-corrected chi connectivity index (χ3v) is 5.43. The lowest BCUT2D eigenvalue weighted by Gasteiger charge is -2.16. The van der Waals surface area contributed by atoms with Crippen molar-refractivity contribution >= 4 is 28.1 Å². The van der Waals surface area contributed by atoms with E-state index in [1.54, 1.807) is 4.68 Å². The number of aromatic amines is 1. The van der Waals surface area contributed by atoms with Gasteiger partial charge in [-0.25, -0.2) is 4.68 Å². The summed E-state index contributed by atoms with van der Waals surface area (Å²) in [5.74, 6) is 2.28. The predicted octanol–water partition coefficient (Wildman–Crippen LogP) is 5.30. The topological polar surface area (TPSA) is 64.1 Å². The molecule has 154 valence electrons. The fraction of sp³-hybridized carbons (Fsp3) is 0.333. The first-order chi connectivity index (χ1) is 14.0. The number of hydrogen-bond acceptors (Lipinski definition) is 5. The SMILES string of the molecule is CCOc1cc(CNn2c(CC)n[nH]c2=S)c(Br)cc1OCc1ccc(C)cc1. The molecule has 2 N–H and O–H groups in total. The number of nitrogens with one attached hydrogen (secondary N) is 2. The van der Waals surface area contributed by atoms with Gasteiger partial charge in [0.05, 0.1) is 13.2 Å². The molecule has 3 aromatic rings. The normalized spacial score (nSPS) is 10.8. The molecule has 0 aliphatic rings. The van der Waals surface area contributed by atoms with Crippen molar-refractivity contribution in [1.29, 1.82) is 0 Å². The Labute approximate surface area is 184 Å². The van der Waals surface area contributed by atoms with Gasteiger partial charge in [-0.15, -0.1) is 0 Å². The van der Waals surface area contributed by atoms with Gasteiger partial charge in [0.15, 0.2) is 17.3 Å². The van der Waals surface area contributed by atoms with Crippen LogP contribution < -0.4 is 14.9 Å². The van der Waals surface area contributed by atoms with Crippen molar-refractivity contribution in [2.75, 3.05) is 12.0 Å². The second-order valence-corrected chi connectivity index (χ2v) is 7.81. The van der Waals surface area contributed by atoms with E-state index in [9.17, 15) is 0 Å². The third-order valence-electron chi connectivity index (χ3n) is 4.41. The van der Waals surface area contributed by atoms with Crippen LogP contribution in [0, 0.1) is 11.7 Å². The zero-order chi connectivity index (χ0) is 20.8. The first kappa shape index (κ1) is 21.4. The summed E-state index contributed by atoms with van der Waals surface area (Å²) >= 11 is 8.94. The van der Waals surface area contributed by atoms with E-state index in [1.807, 2.05) is 26.0 Å². The summed E-state index contributed by atoms with van der Waals surface area (Å²) in [6, 6.07) is 12.2. The van der Waals surface area contributed by atoms with Gasteiger partial charge in [-0.05, 0) is 49.3 Å². The molecule has 8 heteroatoms. The minimum absolute atomic E-state index is 0.481. The Kier molecular flexibility index (Phi) is 7.33. The van der Waals surface area contributed by atoms with Crippen LogP contribution in [0.5, 0.6) is 11.5 Å². The minimum atomic E-state index is 0.481. The largest absolute Gasteiger partial charge is 0.490 e. The lowest BCUT2D eigenvalue weighted by Crippen LogP contribution is -2.17. The quantitative estimate of drug-likeness (QED) is 0.410. The van der Waals surface area contributed by atoms with E-state index in [0.717, 1.165) is 27.8 Å². The zero-order valence-corrected chi connectivity index (χ0v) is 19.2. The Balaban J connectivity index is 1.77. The average Bonchev–Trinajstić information content (AvgIpc) is 3.07. The molecule has 1 heterocycles. The van der Waals surface area contributed by atoms with Crippen molar-refractivity contribution in [2.24, 2.45) is 0 Å². The monoisotopic (exact) mass is 476 g/mol. The molecule has 3 rings (SSSR count). The highest BCUT2D eigenvalue weighted by molar-refractivity contribution is 9.10. The molecule has 0 spiro atoms. The highest BCUT2D eigenvalue weighted by Gasteiger charge is 2.12. The number of hydrogen-bond donors (Lipinski definition) is 2. The molecular weight excluding hydrogens is 452 g/mol. The van der Waals surface area contributed by atoms with Gasteiger partial charge in [-0.3, -0.25) is 5.10 Å². The van der Waals surface area contributed by atoms with Crippen LogP contribution in [-0.4, -0.2) is 21.5 Å². The summed E-state index contributed by atoms with van der Waals surface area (Å²) in [7, 11) is 0. The highest BCUT2D eigenvalue weighted by Crippen LogP contribution is 2.34. The number of ether oxygens (including phenoxy) is 2. The van der Waals surface area contributed by atoms with Crippen molar-refractivity contribution < 1.29 is 9.47 Å². The van der Waals surface area contributed by atoms with Gasteiger partial charge in [0.25, 0.3) is 0 Å². The predicted molar refractivity (Wildman–Crippen MR) is 121 cm³/mol. The highest BCUT2D eigenvalue weighted by atomic mass is 79.9. The zero-order valence-electron chi connectivity index (χ0n) is 16.8. The maximum atomic E-state index is 6.05. The maximum Gasteiger partial charge on any atom is 0.214 e. The van der Waals surface area contributed by atoms with Crippen LogP contribution in [0.2, 0.25) is 0 Å². The first-order valence-electron chi connectivity index (χ1n) is 9.55. The van der Waals surface area contributed by atoms with Crippen LogP contribution in [0.1, 0.15) is 36.4 Å². The van der Waals surface area contributed by atoms with Crippen molar-refractivity contribution in [2.45, 2.75) is 40.3 Å². The molecule has 1 aromatic heterocycles. The summed E-state index contributed by atoms with van der Waals surface area (Å²) in [5.41, 5.74) is 6.68. The van der Waals surface area contributed by atoms with Crippen LogP contribution in [0.4, 0.5) is 0 Å². The molecule has 0 radical (unpaired) electrons. The number of rotatable bonds is 9. The summed E-state index contributed by atoms with van der Waals surface area (Å²) in [6.45, 7) is 7.66. The number of benzene rings is 2. The van der Waals surface area contributed by atoms with Gasteiger partial charge in [0.2, 0.25) is 4.77 Å². The molecule has 2 aromatic carbocycles. The Bertz CT molecular complexity index is 1010. The molecule has 0 fully saturated rings. The van der Waals surface area contributed by atoms with Crippen molar-refractivity contribution in [1.82, 2.24) is 14.9 Å². The summed E-state index contributed by atoms with van der Waals surface area (Å²) < 4.78 is 15.1. The van der Waals surface area contributed by atoms with Gasteiger partial charge < -0.3 is 14.9 Å². The fourth-order valence-electron chi connectivity index (χ4n) is 2.83. The Morgan fingerprint density at radius 1 is 1.14 bits per heavy atom. The lowest BCUT2D eigenvalue weighted by atomic mass is 10.1. The van der Waals surface area contributed by atoms with Gasteiger partial charge in [0.1, 0.15) is 6.61 Å². The van der Waals surface area contributed by atoms with E-state index >= 15 is 0 Å². The maximum absolute atomic E-state index is 6.05. The molecule has 0 saturated heterocycles. The standard InChI is InChI=1S/C21H25BrN4O2S/c1-4-20-24-25-21(29)26(20)23-12-16-10-18(27-5-2)19(11-17(16)22)28-13-15-8-6-14(3)7-9-15/h6-11,23H,4-5,12-13H2,1-3H3,(H,25,29).